The second-order valence-corrected chi connectivity index (χ2v) is 4.51. The molecule has 0 amide bonds. The van der Waals surface area contributed by atoms with Crippen molar-refractivity contribution in [1.82, 2.24) is 9.97 Å². The van der Waals surface area contributed by atoms with Crippen LogP contribution in [0, 0.1) is 0 Å². The zero-order valence-electron chi connectivity index (χ0n) is 10.8. The average molecular weight is 249 g/mol. The van der Waals surface area contributed by atoms with Gasteiger partial charge in [0.2, 0.25) is 0 Å². The Morgan fingerprint density at radius 3 is 2.74 bits per heavy atom. The minimum Gasteiger partial charge on any atom is -0.384 e. The van der Waals surface area contributed by atoms with Crippen LogP contribution in [-0.4, -0.2) is 9.97 Å². The number of pyridine rings is 2. The van der Waals surface area contributed by atoms with Gasteiger partial charge in [-0.25, -0.2) is 4.98 Å². The van der Waals surface area contributed by atoms with Crippen LogP contribution < -0.4 is 5.73 Å². The molecule has 0 spiro atoms. The number of aromatic nitrogens is 2. The van der Waals surface area contributed by atoms with Gasteiger partial charge in [-0.1, -0.05) is 19.1 Å². The lowest BCUT2D eigenvalue weighted by molar-refractivity contribution is 1.04. The largest absolute Gasteiger partial charge is 0.384 e. The number of rotatable bonds is 2. The van der Waals surface area contributed by atoms with Crippen molar-refractivity contribution in [2.75, 3.05) is 5.73 Å². The molecular formula is C16H15N3. The highest BCUT2D eigenvalue weighted by atomic mass is 14.8. The van der Waals surface area contributed by atoms with Crippen LogP contribution in [-0.2, 0) is 6.42 Å². The molecule has 0 aliphatic heterocycles. The summed E-state index contributed by atoms with van der Waals surface area (Å²) >= 11 is 0. The fraction of sp³-hybridized carbons (Fsp3) is 0.125. The molecule has 0 fully saturated rings. The number of nitrogens with two attached hydrogens (primary N) is 1. The van der Waals surface area contributed by atoms with Crippen molar-refractivity contribution in [3.05, 3.63) is 54.2 Å². The van der Waals surface area contributed by atoms with Crippen LogP contribution in [0.25, 0.3) is 22.2 Å². The van der Waals surface area contributed by atoms with E-state index < -0.39 is 0 Å². The molecule has 3 rings (SSSR count). The van der Waals surface area contributed by atoms with Crippen molar-refractivity contribution < 1.29 is 0 Å². The van der Waals surface area contributed by atoms with Crippen LogP contribution in [0.4, 0.5) is 5.82 Å². The zero-order valence-corrected chi connectivity index (χ0v) is 10.8. The monoisotopic (exact) mass is 249 g/mol. The van der Waals surface area contributed by atoms with Crippen molar-refractivity contribution >= 4 is 16.7 Å². The second kappa shape index (κ2) is 4.69. The molecule has 3 aromatic rings. The van der Waals surface area contributed by atoms with Gasteiger partial charge in [0, 0.05) is 16.6 Å². The lowest BCUT2D eigenvalue weighted by atomic mass is 10.1. The second-order valence-electron chi connectivity index (χ2n) is 4.51. The molecule has 0 bridgehead atoms. The minimum atomic E-state index is 0.548. The Balaban J connectivity index is 2.12. The highest BCUT2D eigenvalue weighted by Crippen LogP contribution is 2.23. The Bertz CT molecular complexity index is 735. The summed E-state index contributed by atoms with van der Waals surface area (Å²) in [5.41, 5.74) is 9.81. The molecule has 94 valence electrons. The summed E-state index contributed by atoms with van der Waals surface area (Å²) in [4.78, 5) is 8.94. The van der Waals surface area contributed by atoms with Gasteiger partial charge < -0.3 is 5.73 Å². The Morgan fingerprint density at radius 2 is 1.89 bits per heavy atom. The molecule has 0 saturated carbocycles. The fourth-order valence-corrected chi connectivity index (χ4v) is 2.14. The van der Waals surface area contributed by atoms with E-state index in [1.54, 1.807) is 0 Å². The first-order valence-electron chi connectivity index (χ1n) is 6.39. The topological polar surface area (TPSA) is 51.8 Å². The van der Waals surface area contributed by atoms with Crippen LogP contribution in [0.2, 0.25) is 0 Å². The molecule has 19 heavy (non-hydrogen) atoms. The van der Waals surface area contributed by atoms with E-state index in [-0.39, 0.29) is 0 Å². The molecular weight excluding hydrogens is 234 g/mol. The number of nitrogens with zero attached hydrogens (tertiary/aromatic N) is 2. The molecule has 0 aliphatic rings. The predicted molar refractivity (Wildman–Crippen MR) is 78.8 cm³/mol. The first kappa shape index (κ1) is 11.7. The molecule has 3 heteroatoms. The van der Waals surface area contributed by atoms with Gasteiger partial charge in [-0.2, -0.15) is 0 Å². The number of aryl methyl sites for hydroxylation is 1. The summed E-state index contributed by atoms with van der Waals surface area (Å²) in [6.45, 7) is 2.11. The molecule has 3 nitrogen and oxygen atoms in total. The Labute approximate surface area is 112 Å². The first-order chi connectivity index (χ1) is 9.26. The van der Waals surface area contributed by atoms with Gasteiger partial charge in [0.25, 0.3) is 0 Å². The number of anilines is 1. The van der Waals surface area contributed by atoms with Crippen LogP contribution in [0.3, 0.4) is 0 Å². The highest BCUT2D eigenvalue weighted by Gasteiger charge is 2.03. The van der Waals surface area contributed by atoms with E-state index in [9.17, 15) is 0 Å². The average Bonchev–Trinajstić information content (AvgIpc) is 2.46. The molecule has 0 radical (unpaired) electrons. The SMILES string of the molecule is CCc1cccc(-c2ccc3nc(N)ccc3c2)n1. The Kier molecular flexibility index (Phi) is 2.88. The normalized spacial score (nSPS) is 10.8. The zero-order chi connectivity index (χ0) is 13.2. The van der Waals surface area contributed by atoms with E-state index in [1.165, 1.54) is 0 Å². The number of benzene rings is 1. The van der Waals surface area contributed by atoms with Crippen molar-refractivity contribution in [2.45, 2.75) is 13.3 Å². The number of nitrogen functional groups attached to an aromatic ring is 1. The molecule has 0 aliphatic carbocycles. The molecule has 2 aromatic heterocycles. The summed E-state index contributed by atoms with van der Waals surface area (Å²) in [6, 6.07) is 16.1. The third-order valence-electron chi connectivity index (χ3n) is 3.18. The van der Waals surface area contributed by atoms with Gasteiger partial charge >= 0.3 is 0 Å². The third kappa shape index (κ3) is 2.27. The van der Waals surface area contributed by atoms with Crippen molar-refractivity contribution in [1.29, 1.82) is 0 Å². The maximum atomic E-state index is 5.69. The lowest BCUT2D eigenvalue weighted by Gasteiger charge is -2.05. The molecule has 0 atom stereocenters. The summed E-state index contributed by atoms with van der Waals surface area (Å²) in [6.07, 6.45) is 0.944. The summed E-state index contributed by atoms with van der Waals surface area (Å²) < 4.78 is 0. The van der Waals surface area contributed by atoms with Crippen LogP contribution in [0.5, 0.6) is 0 Å². The maximum absolute atomic E-state index is 5.69. The maximum Gasteiger partial charge on any atom is 0.124 e. The van der Waals surface area contributed by atoms with Crippen LogP contribution in [0.15, 0.2) is 48.5 Å². The number of hydrogen-bond acceptors (Lipinski definition) is 3. The quantitative estimate of drug-likeness (QED) is 0.757. The van der Waals surface area contributed by atoms with Crippen molar-refractivity contribution in [3.63, 3.8) is 0 Å². The van der Waals surface area contributed by atoms with E-state index in [0.717, 1.165) is 34.3 Å². The molecule has 0 saturated heterocycles. The van der Waals surface area contributed by atoms with Gasteiger partial charge in [-0.05, 0) is 42.8 Å². The van der Waals surface area contributed by atoms with Crippen molar-refractivity contribution in [2.24, 2.45) is 0 Å². The molecule has 1 aromatic carbocycles. The van der Waals surface area contributed by atoms with Gasteiger partial charge in [0.15, 0.2) is 0 Å². The van der Waals surface area contributed by atoms with Gasteiger partial charge in [-0.3, -0.25) is 4.98 Å². The van der Waals surface area contributed by atoms with E-state index in [1.807, 2.05) is 42.5 Å². The summed E-state index contributed by atoms with van der Waals surface area (Å²) in [5.74, 6) is 0.548. The Hall–Kier alpha value is -2.42. The summed E-state index contributed by atoms with van der Waals surface area (Å²) in [7, 11) is 0. The first-order valence-corrected chi connectivity index (χ1v) is 6.39. The van der Waals surface area contributed by atoms with E-state index >= 15 is 0 Å². The van der Waals surface area contributed by atoms with E-state index in [2.05, 4.69) is 23.0 Å². The smallest absolute Gasteiger partial charge is 0.124 e. The molecule has 2 heterocycles. The highest BCUT2D eigenvalue weighted by molar-refractivity contribution is 5.84. The fourth-order valence-electron chi connectivity index (χ4n) is 2.14. The third-order valence-corrected chi connectivity index (χ3v) is 3.18. The predicted octanol–water partition coefficient (Wildman–Crippen LogP) is 3.44. The molecule has 2 N–H and O–H groups in total. The standard InChI is InChI=1S/C16H15N3/c1-2-13-4-3-5-14(18-13)11-6-8-15-12(10-11)7-9-16(17)19-15/h3-10H,2H2,1H3,(H2,17,19). The van der Waals surface area contributed by atoms with E-state index in [0.29, 0.717) is 5.82 Å². The number of hydrogen-bond donors (Lipinski definition) is 1. The van der Waals surface area contributed by atoms with Gasteiger partial charge in [0.1, 0.15) is 5.82 Å². The Morgan fingerprint density at radius 1 is 1.00 bits per heavy atom. The van der Waals surface area contributed by atoms with Gasteiger partial charge in [-0.15, -0.1) is 0 Å². The lowest BCUT2D eigenvalue weighted by Crippen LogP contribution is -1.92. The van der Waals surface area contributed by atoms with Crippen LogP contribution in [0.1, 0.15) is 12.6 Å². The van der Waals surface area contributed by atoms with Crippen molar-refractivity contribution in [3.8, 4) is 11.3 Å². The van der Waals surface area contributed by atoms with Crippen LogP contribution >= 0.6 is 0 Å². The van der Waals surface area contributed by atoms with E-state index in [4.69, 9.17) is 5.73 Å². The minimum absolute atomic E-state index is 0.548. The van der Waals surface area contributed by atoms with Gasteiger partial charge in [0.05, 0.1) is 11.2 Å². The molecule has 0 unspecified atom stereocenters. The number of fused-ring (bicyclic) bond motifs is 1. The summed E-state index contributed by atoms with van der Waals surface area (Å²) in [5, 5.41) is 1.08.